The molecule has 1 aromatic rings. The summed E-state index contributed by atoms with van der Waals surface area (Å²) < 4.78 is 6.75. The maximum absolute atomic E-state index is 5.74. The Morgan fingerprint density at radius 1 is 1.26 bits per heavy atom. The minimum Gasteiger partial charge on any atom is -0.491 e. The quantitative estimate of drug-likeness (QED) is 0.867. The number of nitrogens with zero attached hydrogens (tertiary/aromatic N) is 1. The zero-order valence-electron chi connectivity index (χ0n) is 12.6. The van der Waals surface area contributed by atoms with Crippen LogP contribution in [0.2, 0.25) is 0 Å². The molecule has 0 aromatic heterocycles. The Kier molecular flexibility index (Phi) is 6.30. The molecule has 1 N–H and O–H groups in total. The van der Waals surface area contributed by atoms with Crippen LogP contribution in [0, 0.1) is 0 Å². The molecule has 0 radical (unpaired) electrons. The van der Waals surface area contributed by atoms with Gasteiger partial charge in [-0.25, -0.2) is 0 Å². The van der Waals surface area contributed by atoms with Crippen LogP contribution in [-0.2, 0) is 6.54 Å². The van der Waals surface area contributed by atoms with E-state index in [1.54, 1.807) is 0 Å². The molecule has 0 aliphatic heterocycles. The summed E-state index contributed by atoms with van der Waals surface area (Å²) in [7, 11) is 4.08. The van der Waals surface area contributed by atoms with E-state index < -0.39 is 0 Å². The summed E-state index contributed by atoms with van der Waals surface area (Å²) in [5.74, 6) is 0.904. The van der Waals surface area contributed by atoms with Gasteiger partial charge in [-0.3, -0.25) is 0 Å². The first kappa shape index (κ1) is 16.5. The first-order valence-electron chi connectivity index (χ1n) is 6.59. The van der Waals surface area contributed by atoms with Crippen molar-refractivity contribution < 1.29 is 4.74 Å². The molecule has 4 heteroatoms. The van der Waals surface area contributed by atoms with Crippen LogP contribution in [0.3, 0.4) is 0 Å². The Bertz CT molecular complexity index is 400. The van der Waals surface area contributed by atoms with Crippen molar-refractivity contribution in [3.8, 4) is 5.75 Å². The smallest absolute Gasteiger partial charge is 0.133 e. The second-order valence-electron chi connectivity index (χ2n) is 6.02. The lowest BCUT2D eigenvalue weighted by molar-refractivity contribution is 0.260. The summed E-state index contributed by atoms with van der Waals surface area (Å²) in [4.78, 5) is 2.11. The van der Waals surface area contributed by atoms with Crippen molar-refractivity contribution in [3.63, 3.8) is 0 Å². The highest BCUT2D eigenvalue weighted by atomic mass is 79.9. The van der Waals surface area contributed by atoms with E-state index in [1.807, 2.05) is 20.2 Å². The summed E-state index contributed by atoms with van der Waals surface area (Å²) >= 11 is 3.57. The van der Waals surface area contributed by atoms with Gasteiger partial charge in [0.1, 0.15) is 12.4 Å². The minimum atomic E-state index is 0.132. The predicted octanol–water partition coefficient (Wildman–Crippen LogP) is 3.28. The summed E-state index contributed by atoms with van der Waals surface area (Å²) in [5, 5.41) is 3.47. The van der Waals surface area contributed by atoms with Crippen molar-refractivity contribution in [2.45, 2.75) is 32.9 Å². The van der Waals surface area contributed by atoms with E-state index in [4.69, 9.17) is 4.74 Å². The number of nitrogens with one attached hydrogen (secondary N) is 1. The number of benzene rings is 1. The molecule has 0 fully saturated rings. The maximum atomic E-state index is 5.74. The van der Waals surface area contributed by atoms with Gasteiger partial charge < -0.3 is 15.0 Å². The molecule has 0 atom stereocenters. The van der Waals surface area contributed by atoms with Crippen LogP contribution < -0.4 is 10.1 Å². The molecular weight excluding hydrogens is 304 g/mol. The molecule has 1 aromatic carbocycles. The van der Waals surface area contributed by atoms with Gasteiger partial charge in [-0.05, 0) is 68.5 Å². The van der Waals surface area contributed by atoms with E-state index in [9.17, 15) is 0 Å². The second-order valence-corrected chi connectivity index (χ2v) is 6.87. The Morgan fingerprint density at radius 3 is 2.47 bits per heavy atom. The lowest BCUT2D eigenvalue weighted by Crippen LogP contribution is -2.35. The van der Waals surface area contributed by atoms with Crippen LogP contribution in [0.25, 0.3) is 0 Å². The van der Waals surface area contributed by atoms with Crippen molar-refractivity contribution >= 4 is 15.9 Å². The van der Waals surface area contributed by atoms with Gasteiger partial charge in [-0.2, -0.15) is 0 Å². The van der Waals surface area contributed by atoms with Crippen LogP contribution in [0.4, 0.5) is 0 Å². The average molecular weight is 329 g/mol. The van der Waals surface area contributed by atoms with E-state index in [0.717, 1.165) is 23.3 Å². The van der Waals surface area contributed by atoms with Crippen LogP contribution >= 0.6 is 15.9 Å². The van der Waals surface area contributed by atoms with Crippen LogP contribution in [0.1, 0.15) is 26.3 Å². The van der Waals surface area contributed by atoms with Crippen molar-refractivity contribution in [2.75, 3.05) is 27.2 Å². The highest BCUT2D eigenvalue weighted by molar-refractivity contribution is 9.10. The number of likely N-dealkylation sites (N-methyl/N-ethyl adjacent to an activating group) is 1. The largest absolute Gasteiger partial charge is 0.491 e. The molecule has 0 amide bonds. The van der Waals surface area contributed by atoms with Gasteiger partial charge in [0.25, 0.3) is 0 Å². The third kappa shape index (κ3) is 6.95. The van der Waals surface area contributed by atoms with E-state index >= 15 is 0 Å². The van der Waals surface area contributed by atoms with Gasteiger partial charge >= 0.3 is 0 Å². The Hall–Kier alpha value is -0.580. The SMILES string of the molecule is CN(C)CCOc1ccc(CNC(C)(C)C)cc1Br. The Morgan fingerprint density at radius 2 is 1.95 bits per heavy atom. The van der Waals surface area contributed by atoms with Gasteiger partial charge in [-0.1, -0.05) is 6.07 Å². The fourth-order valence-corrected chi connectivity index (χ4v) is 2.02. The number of ether oxygens (including phenoxy) is 1. The van der Waals surface area contributed by atoms with Gasteiger partial charge in [0.2, 0.25) is 0 Å². The molecule has 108 valence electrons. The van der Waals surface area contributed by atoms with Gasteiger partial charge in [0, 0.05) is 18.6 Å². The van der Waals surface area contributed by atoms with E-state index in [-0.39, 0.29) is 5.54 Å². The van der Waals surface area contributed by atoms with Gasteiger partial charge in [0.15, 0.2) is 0 Å². The summed E-state index contributed by atoms with van der Waals surface area (Å²) in [5.41, 5.74) is 1.38. The Balaban J connectivity index is 2.54. The summed E-state index contributed by atoms with van der Waals surface area (Å²) in [6.45, 7) is 8.98. The monoisotopic (exact) mass is 328 g/mol. The Labute approximate surface area is 125 Å². The molecule has 0 saturated heterocycles. The topological polar surface area (TPSA) is 24.5 Å². The van der Waals surface area contributed by atoms with Gasteiger partial charge in [-0.15, -0.1) is 0 Å². The van der Waals surface area contributed by atoms with Crippen molar-refractivity contribution in [2.24, 2.45) is 0 Å². The van der Waals surface area contributed by atoms with E-state index in [2.05, 4.69) is 59.1 Å². The zero-order valence-corrected chi connectivity index (χ0v) is 14.2. The molecule has 0 aliphatic carbocycles. The number of hydrogen-bond donors (Lipinski definition) is 1. The molecule has 0 saturated carbocycles. The first-order valence-corrected chi connectivity index (χ1v) is 7.38. The molecule has 0 unspecified atom stereocenters. The predicted molar refractivity (Wildman–Crippen MR) is 84.8 cm³/mol. The van der Waals surface area contributed by atoms with Crippen molar-refractivity contribution in [3.05, 3.63) is 28.2 Å². The van der Waals surface area contributed by atoms with E-state index in [1.165, 1.54) is 5.56 Å². The number of halogens is 1. The molecule has 0 heterocycles. The standard InChI is InChI=1S/C15H25BrN2O/c1-15(2,3)17-11-12-6-7-14(13(16)10-12)19-9-8-18(4)5/h6-7,10,17H,8-9,11H2,1-5H3. The lowest BCUT2D eigenvalue weighted by Gasteiger charge is -2.21. The number of hydrogen-bond acceptors (Lipinski definition) is 3. The summed E-state index contributed by atoms with van der Waals surface area (Å²) in [6.07, 6.45) is 0. The zero-order chi connectivity index (χ0) is 14.5. The highest BCUT2D eigenvalue weighted by Gasteiger charge is 2.09. The molecule has 0 aliphatic rings. The molecule has 19 heavy (non-hydrogen) atoms. The molecule has 0 spiro atoms. The molecule has 0 bridgehead atoms. The van der Waals surface area contributed by atoms with Gasteiger partial charge in [0.05, 0.1) is 4.47 Å². The normalized spacial score (nSPS) is 11.9. The first-order chi connectivity index (χ1) is 8.78. The highest BCUT2D eigenvalue weighted by Crippen LogP contribution is 2.26. The van der Waals surface area contributed by atoms with Crippen molar-refractivity contribution in [1.82, 2.24) is 10.2 Å². The van der Waals surface area contributed by atoms with Crippen LogP contribution in [-0.4, -0.2) is 37.7 Å². The minimum absolute atomic E-state index is 0.132. The lowest BCUT2D eigenvalue weighted by atomic mass is 10.1. The van der Waals surface area contributed by atoms with Crippen LogP contribution in [0.15, 0.2) is 22.7 Å². The second kappa shape index (κ2) is 7.27. The number of rotatable bonds is 6. The molecular formula is C15H25BrN2O. The molecule has 3 nitrogen and oxygen atoms in total. The van der Waals surface area contributed by atoms with E-state index in [0.29, 0.717) is 6.61 Å². The third-order valence-corrected chi connectivity index (χ3v) is 3.23. The van der Waals surface area contributed by atoms with Crippen LogP contribution in [0.5, 0.6) is 5.75 Å². The fraction of sp³-hybridized carbons (Fsp3) is 0.600. The fourth-order valence-electron chi connectivity index (χ4n) is 1.48. The van der Waals surface area contributed by atoms with Crippen molar-refractivity contribution in [1.29, 1.82) is 0 Å². The maximum Gasteiger partial charge on any atom is 0.133 e. The summed E-state index contributed by atoms with van der Waals surface area (Å²) in [6, 6.07) is 6.25. The molecule has 1 rings (SSSR count). The average Bonchev–Trinajstić information content (AvgIpc) is 2.27. The third-order valence-electron chi connectivity index (χ3n) is 2.62.